The van der Waals surface area contributed by atoms with Crippen molar-refractivity contribution in [1.29, 1.82) is 0 Å². The molecule has 0 amide bonds. The lowest BCUT2D eigenvalue weighted by Crippen LogP contribution is -2.19. The monoisotopic (exact) mass is 294 g/mol. The molecule has 0 fully saturated rings. The van der Waals surface area contributed by atoms with E-state index in [0.717, 1.165) is 23.6 Å². The maximum atomic E-state index is 13.0. The molecule has 0 aliphatic heterocycles. The van der Waals surface area contributed by atoms with E-state index in [1.54, 1.807) is 31.4 Å². The predicted octanol–water partition coefficient (Wildman–Crippen LogP) is 3.78. The van der Waals surface area contributed by atoms with Crippen LogP contribution in [0.4, 0.5) is 20.2 Å². The summed E-state index contributed by atoms with van der Waals surface area (Å²) in [6, 6.07) is 10.6. The number of benzene rings is 2. The van der Waals surface area contributed by atoms with Crippen LogP contribution in [0.1, 0.15) is 0 Å². The Hall–Kier alpha value is -2.21. The molecule has 2 rings (SSSR count). The summed E-state index contributed by atoms with van der Waals surface area (Å²) in [5.74, 6) is -1.10. The van der Waals surface area contributed by atoms with Crippen LogP contribution in [-0.2, 0) is 0 Å². The molecule has 0 saturated heterocycles. The van der Waals surface area contributed by atoms with Crippen molar-refractivity contribution in [2.75, 3.05) is 17.7 Å². The average Bonchev–Trinajstić information content (AvgIpc) is 2.44. The number of methoxy groups -OCH3 is 1. The summed E-state index contributed by atoms with van der Waals surface area (Å²) < 4.78 is 30.9. The van der Waals surface area contributed by atoms with Gasteiger partial charge in [0.05, 0.1) is 7.11 Å². The highest BCUT2D eigenvalue weighted by Crippen LogP contribution is 2.16. The first-order chi connectivity index (χ1) is 9.58. The van der Waals surface area contributed by atoms with E-state index in [4.69, 9.17) is 17.0 Å². The lowest BCUT2D eigenvalue weighted by Gasteiger charge is -2.11. The summed E-state index contributed by atoms with van der Waals surface area (Å²) in [6.45, 7) is 0. The predicted molar refractivity (Wildman–Crippen MR) is 79.2 cm³/mol. The largest absolute Gasteiger partial charge is 0.497 e. The molecule has 0 aromatic heterocycles. The molecule has 2 aromatic carbocycles. The third-order valence-electron chi connectivity index (χ3n) is 2.53. The third-order valence-corrected chi connectivity index (χ3v) is 2.73. The summed E-state index contributed by atoms with van der Waals surface area (Å²) in [7, 11) is 1.58. The highest BCUT2D eigenvalue weighted by atomic mass is 32.1. The fourth-order valence-electron chi connectivity index (χ4n) is 1.54. The number of nitrogens with one attached hydrogen (secondary N) is 2. The van der Waals surface area contributed by atoms with Crippen LogP contribution >= 0.6 is 12.2 Å². The van der Waals surface area contributed by atoms with Gasteiger partial charge < -0.3 is 15.4 Å². The smallest absolute Gasteiger partial charge is 0.175 e. The van der Waals surface area contributed by atoms with E-state index in [0.29, 0.717) is 5.69 Å². The average molecular weight is 294 g/mol. The Kier molecular flexibility index (Phi) is 4.47. The van der Waals surface area contributed by atoms with Gasteiger partial charge in [0.25, 0.3) is 0 Å². The topological polar surface area (TPSA) is 33.3 Å². The van der Waals surface area contributed by atoms with Crippen LogP contribution in [0.2, 0.25) is 0 Å². The van der Waals surface area contributed by atoms with Crippen molar-refractivity contribution in [2.24, 2.45) is 0 Å². The minimum Gasteiger partial charge on any atom is -0.497 e. The van der Waals surface area contributed by atoms with Gasteiger partial charge in [0.15, 0.2) is 16.7 Å². The van der Waals surface area contributed by atoms with Crippen molar-refractivity contribution in [1.82, 2.24) is 0 Å². The molecule has 0 aliphatic carbocycles. The highest BCUT2D eigenvalue weighted by Gasteiger charge is 2.04. The first-order valence-corrected chi connectivity index (χ1v) is 6.16. The first-order valence-electron chi connectivity index (χ1n) is 5.75. The van der Waals surface area contributed by atoms with Crippen LogP contribution in [-0.4, -0.2) is 12.2 Å². The van der Waals surface area contributed by atoms with Crippen LogP contribution in [0.5, 0.6) is 5.75 Å². The second-order valence-corrected chi connectivity index (χ2v) is 4.34. The van der Waals surface area contributed by atoms with Gasteiger partial charge in [0.2, 0.25) is 0 Å². The quantitative estimate of drug-likeness (QED) is 0.844. The zero-order valence-electron chi connectivity index (χ0n) is 10.6. The van der Waals surface area contributed by atoms with Gasteiger partial charge in [-0.3, -0.25) is 0 Å². The molecule has 0 spiro atoms. The second kappa shape index (κ2) is 6.29. The van der Waals surface area contributed by atoms with E-state index in [2.05, 4.69) is 10.6 Å². The Morgan fingerprint density at radius 3 is 2.15 bits per heavy atom. The van der Waals surface area contributed by atoms with Crippen molar-refractivity contribution in [3.05, 3.63) is 54.1 Å². The Bertz CT molecular complexity index is 617. The third kappa shape index (κ3) is 3.64. The number of hydrogen-bond acceptors (Lipinski definition) is 2. The lowest BCUT2D eigenvalue weighted by molar-refractivity contribution is 0.415. The SMILES string of the molecule is COc1ccc(NC(=S)Nc2ccc(F)c(F)c2)cc1. The van der Waals surface area contributed by atoms with Gasteiger partial charge in [-0.2, -0.15) is 0 Å². The summed E-state index contributed by atoms with van der Waals surface area (Å²) in [5.41, 5.74) is 1.13. The molecule has 0 radical (unpaired) electrons. The molecular weight excluding hydrogens is 282 g/mol. The van der Waals surface area contributed by atoms with Crippen LogP contribution in [0, 0.1) is 11.6 Å². The fraction of sp³-hybridized carbons (Fsp3) is 0.0714. The van der Waals surface area contributed by atoms with Crippen molar-refractivity contribution >= 4 is 28.7 Å². The van der Waals surface area contributed by atoms with Crippen LogP contribution in [0.25, 0.3) is 0 Å². The van der Waals surface area contributed by atoms with Crippen LogP contribution in [0.15, 0.2) is 42.5 Å². The van der Waals surface area contributed by atoms with E-state index >= 15 is 0 Å². The summed E-state index contributed by atoms with van der Waals surface area (Å²) in [5, 5.41) is 5.97. The van der Waals surface area contributed by atoms with E-state index in [9.17, 15) is 8.78 Å². The molecule has 3 nitrogen and oxygen atoms in total. The zero-order valence-corrected chi connectivity index (χ0v) is 11.4. The van der Waals surface area contributed by atoms with Crippen LogP contribution < -0.4 is 15.4 Å². The van der Waals surface area contributed by atoms with Gasteiger partial charge >= 0.3 is 0 Å². The molecule has 0 atom stereocenters. The minimum atomic E-state index is -0.928. The lowest BCUT2D eigenvalue weighted by atomic mass is 10.3. The number of halogens is 2. The maximum Gasteiger partial charge on any atom is 0.175 e. The number of hydrogen-bond donors (Lipinski definition) is 2. The summed E-state index contributed by atoms with van der Waals surface area (Å²) in [6.07, 6.45) is 0. The van der Waals surface area contributed by atoms with Crippen LogP contribution in [0.3, 0.4) is 0 Å². The van der Waals surface area contributed by atoms with Gasteiger partial charge in [-0.15, -0.1) is 0 Å². The molecule has 0 unspecified atom stereocenters. The summed E-state index contributed by atoms with van der Waals surface area (Å²) in [4.78, 5) is 0. The van der Waals surface area contributed by atoms with E-state index in [-0.39, 0.29) is 5.11 Å². The van der Waals surface area contributed by atoms with Gasteiger partial charge in [-0.25, -0.2) is 8.78 Å². The molecule has 0 heterocycles. The Morgan fingerprint density at radius 1 is 0.950 bits per heavy atom. The summed E-state index contributed by atoms with van der Waals surface area (Å²) >= 11 is 5.09. The molecule has 0 saturated carbocycles. The standard InChI is InChI=1S/C14H12F2N2OS/c1-19-11-5-2-9(3-6-11)17-14(20)18-10-4-7-12(15)13(16)8-10/h2-8H,1H3,(H2,17,18,20). The molecule has 2 aromatic rings. The molecule has 0 bridgehead atoms. The van der Waals surface area contributed by atoms with Crippen molar-refractivity contribution in [3.8, 4) is 5.75 Å². The zero-order chi connectivity index (χ0) is 14.5. The Morgan fingerprint density at radius 2 is 1.55 bits per heavy atom. The maximum absolute atomic E-state index is 13.0. The molecule has 6 heteroatoms. The Balaban J connectivity index is 1.99. The van der Waals surface area contributed by atoms with Crippen molar-refractivity contribution < 1.29 is 13.5 Å². The van der Waals surface area contributed by atoms with Crippen molar-refractivity contribution in [3.63, 3.8) is 0 Å². The highest BCUT2D eigenvalue weighted by molar-refractivity contribution is 7.80. The van der Waals surface area contributed by atoms with Gasteiger partial charge in [-0.1, -0.05) is 0 Å². The van der Waals surface area contributed by atoms with Gasteiger partial charge in [0.1, 0.15) is 5.75 Å². The number of ether oxygens (including phenoxy) is 1. The molecular formula is C14H12F2N2OS. The van der Waals surface area contributed by atoms with Gasteiger partial charge in [0, 0.05) is 17.4 Å². The van der Waals surface area contributed by atoms with Crippen molar-refractivity contribution in [2.45, 2.75) is 0 Å². The first kappa shape index (κ1) is 14.2. The van der Waals surface area contributed by atoms with E-state index in [1.807, 2.05) is 0 Å². The number of anilines is 2. The normalized spacial score (nSPS) is 9.95. The van der Waals surface area contributed by atoms with Gasteiger partial charge in [-0.05, 0) is 48.6 Å². The number of thiocarbonyl (C=S) groups is 1. The van der Waals surface area contributed by atoms with E-state index < -0.39 is 11.6 Å². The fourth-order valence-corrected chi connectivity index (χ4v) is 1.78. The molecule has 2 N–H and O–H groups in total. The molecule has 104 valence electrons. The second-order valence-electron chi connectivity index (χ2n) is 3.94. The minimum absolute atomic E-state index is 0.279. The van der Waals surface area contributed by atoms with E-state index in [1.165, 1.54) is 6.07 Å². The molecule has 20 heavy (non-hydrogen) atoms. The number of rotatable bonds is 3. The molecule has 0 aliphatic rings. The Labute approximate surface area is 120 Å².